The van der Waals surface area contributed by atoms with Crippen LogP contribution in [0.25, 0.3) is 0 Å². The maximum Gasteiger partial charge on any atom is 0.105 e. The summed E-state index contributed by atoms with van der Waals surface area (Å²) in [6.45, 7) is 10.4. The number of nitriles is 1. The standard InChI is InChI=1S/C15H25N5/c1-3-4-15(13-16)20-11-8-18(9-12-20)7-10-19-6-5-17-14(19)2/h5-6,15H,3-4,7-12H2,1-2H3. The first kappa shape index (κ1) is 15.0. The second-order valence-corrected chi connectivity index (χ2v) is 5.48. The molecule has 1 unspecified atom stereocenters. The third kappa shape index (κ3) is 3.81. The molecule has 0 N–H and O–H groups in total. The van der Waals surface area contributed by atoms with Crippen LogP contribution in [0.4, 0.5) is 0 Å². The monoisotopic (exact) mass is 275 g/mol. The second kappa shape index (κ2) is 7.41. The lowest BCUT2D eigenvalue weighted by Crippen LogP contribution is -2.50. The van der Waals surface area contributed by atoms with Gasteiger partial charge in [-0.05, 0) is 13.3 Å². The molecular weight excluding hydrogens is 250 g/mol. The highest BCUT2D eigenvalue weighted by molar-refractivity contribution is 4.93. The molecule has 0 radical (unpaired) electrons. The largest absolute Gasteiger partial charge is 0.334 e. The van der Waals surface area contributed by atoms with E-state index in [0.717, 1.165) is 57.9 Å². The van der Waals surface area contributed by atoms with Crippen LogP contribution in [0.2, 0.25) is 0 Å². The SMILES string of the molecule is CCCC(C#N)N1CCN(CCn2ccnc2C)CC1. The second-order valence-electron chi connectivity index (χ2n) is 5.48. The Bertz CT molecular complexity index is 439. The third-order valence-electron chi connectivity index (χ3n) is 4.14. The van der Waals surface area contributed by atoms with Crippen LogP contribution >= 0.6 is 0 Å². The molecule has 5 heteroatoms. The number of hydrogen-bond acceptors (Lipinski definition) is 4. The molecule has 1 atom stereocenters. The van der Waals surface area contributed by atoms with Gasteiger partial charge in [0.05, 0.1) is 12.1 Å². The zero-order valence-corrected chi connectivity index (χ0v) is 12.6. The van der Waals surface area contributed by atoms with Gasteiger partial charge in [-0.1, -0.05) is 13.3 Å². The molecule has 0 amide bonds. The zero-order valence-electron chi connectivity index (χ0n) is 12.6. The van der Waals surface area contributed by atoms with Crippen molar-refractivity contribution in [1.82, 2.24) is 19.4 Å². The van der Waals surface area contributed by atoms with Crippen LogP contribution < -0.4 is 0 Å². The van der Waals surface area contributed by atoms with Gasteiger partial charge in [0.15, 0.2) is 0 Å². The van der Waals surface area contributed by atoms with Gasteiger partial charge in [0, 0.05) is 51.7 Å². The van der Waals surface area contributed by atoms with Crippen LogP contribution in [0.3, 0.4) is 0 Å². The van der Waals surface area contributed by atoms with Gasteiger partial charge in [-0.3, -0.25) is 9.80 Å². The number of nitrogens with zero attached hydrogens (tertiary/aromatic N) is 5. The van der Waals surface area contributed by atoms with Crippen molar-refractivity contribution in [2.45, 2.75) is 39.3 Å². The molecule has 0 aromatic carbocycles. The molecule has 110 valence electrons. The van der Waals surface area contributed by atoms with E-state index in [4.69, 9.17) is 0 Å². The van der Waals surface area contributed by atoms with Gasteiger partial charge in [-0.2, -0.15) is 5.26 Å². The van der Waals surface area contributed by atoms with E-state index in [-0.39, 0.29) is 6.04 Å². The van der Waals surface area contributed by atoms with Crippen molar-refractivity contribution < 1.29 is 0 Å². The van der Waals surface area contributed by atoms with Gasteiger partial charge in [-0.15, -0.1) is 0 Å². The first-order chi connectivity index (χ1) is 9.74. The van der Waals surface area contributed by atoms with Crippen molar-refractivity contribution in [3.05, 3.63) is 18.2 Å². The number of imidazole rings is 1. The maximum atomic E-state index is 9.22. The highest BCUT2D eigenvalue weighted by atomic mass is 15.3. The van der Waals surface area contributed by atoms with Gasteiger partial charge in [0.2, 0.25) is 0 Å². The summed E-state index contributed by atoms with van der Waals surface area (Å²) in [7, 11) is 0. The molecule has 0 saturated carbocycles. The molecular formula is C15H25N5. The van der Waals surface area contributed by atoms with Crippen molar-refractivity contribution >= 4 is 0 Å². The van der Waals surface area contributed by atoms with E-state index in [1.165, 1.54) is 0 Å². The van der Waals surface area contributed by atoms with Gasteiger partial charge in [-0.25, -0.2) is 4.98 Å². The molecule has 1 aliphatic heterocycles. The average molecular weight is 275 g/mol. The Morgan fingerprint density at radius 3 is 2.60 bits per heavy atom. The van der Waals surface area contributed by atoms with Gasteiger partial charge < -0.3 is 4.57 Å². The van der Waals surface area contributed by atoms with E-state index >= 15 is 0 Å². The van der Waals surface area contributed by atoms with E-state index < -0.39 is 0 Å². The van der Waals surface area contributed by atoms with Gasteiger partial charge in [0.25, 0.3) is 0 Å². The van der Waals surface area contributed by atoms with E-state index in [1.54, 1.807) is 0 Å². The van der Waals surface area contributed by atoms with Crippen LogP contribution in [-0.4, -0.2) is 58.1 Å². The highest BCUT2D eigenvalue weighted by Crippen LogP contribution is 2.10. The third-order valence-corrected chi connectivity index (χ3v) is 4.14. The minimum absolute atomic E-state index is 0.109. The van der Waals surface area contributed by atoms with Crippen molar-refractivity contribution in [1.29, 1.82) is 5.26 Å². The molecule has 1 aliphatic rings. The molecule has 1 fully saturated rings. The summed E-state index contributed by atoms with van der Waals surface area (Å²) in [4.78, 5) is 9.07. The van der Waals surface area contributed by atoms with E-state index in [2.05, 4.69) is 32.3 Å². The molecule has 0 aliphatic carbocycles. The molecule has 1 aromatic heterocycles. The first-order valence-electron chi connectivity index (χ1n) is 7.58. The molecule has 2 heterocycles. The van der Waals surface area contributed by atoms with Gasteiger partial charge in [0.1, 0.15) is 5.82 Å². The number of aryl methyl sites for hydroxylation is 1. The Kier molecular flexibility index (Phi) is 5.57. The molecule has 20 heavy (non-hydrogen) atoms. The lowest BCUT2D eigenvalue weighted by Gasteiger charge is -2.36. The molecule has 0 spiro atoms. The number of hydrogen-bond donors (Lipinski definition) is 0. The lowest BCUT2D eigenvalue weighted by atomic mass is 10.1. The van der Waals surface area contributed by atoms with Gasteiger partial charge >= 0.3 is 0 Å². The molecule has 1 saturated heterocycles. The minimum Gasteiger partial charge on any atom is -0.334 e. The van der Waals surface area contributed by atoms with Crippen molar-refractivity contribution in [2.75, 3.05) is 32.7 Å². The quantitative estimate of drug-likeness (QED) is 0.789. The average Bonchev–Trinajstić information content (AvgIpc) is 2.89. The van der Waals surface area contributed by atoms with Crippen molar-refractivity contribution in [3.63, 3.8) is 0 Å². The first-order valence-corrected chi connectivity index (χ1v) is 7.58. The Morgan fingerprint density at radius 1 is 1.30 bits per heavy atom. The Labute approximate surface area is 121 Å². The van der Waals surface area contributed by atoms with Crippen LogP contribution in [-0.2, 0) is 6.54 Å². The zero-order chi connectivity index (χ0) is 14.4. The van der Waals surface area contributed by atoms with Crippen molar-refractivity contribution in [3.8, 4) is 6.07 Å². The molecule has 2 rings (SSSR count). The molecule has 0 bridgehead atoms. The van der Waals surface area contributed by atoms with Crippen LogP contribution in [0.15, 0.2) is 12.4 Å². The van der Waals surface area contributed by atoms with Crippen LogP contribution in [0.1, 0.15) is 25.6 Å². The number of rotatable bonds is 6. The van der Waals surface area contributed by atoms with E-state index in [1.807, 2.05) is 19.3 Å². The summed E-state index contributed by atoms with van der Waals surface area (Å²) in [5.74, 6) is 1.08. The smallest absolute Gasteiger partial charge is 0.105 e. The summed E-state index contributed by atoms with van der Waals surface area (Å²) in [6, 6.07) is 2.55. The Hall–Kier alpha value is -1.38. The fourth-order valence-corrected chi connectivity index (χ4v) is 2.79. The predicted octanol–water partition coefficient (Wildman–Crippen LogP) is 1.50. The summed E-state index contributed by atoms with van der Waals surface area (Å²) < 4.78 is 2.20. The summed E-state index contributed by atoms with van der Waals surface area (Å²) >= 11 is 0. The number of piperazine rings is 1. The normalized spacial score (nSPS) is 18.9. The van der Waals surface area contributed by atoms with Crippen LogP contribution in [0.5, 0.6) is 0 Å². The molecule has 1 aromatic rings. The minimum atomic E-state index is 0.109. The van der Waals surface area contributed by atoms with E-state index in [9.17, 15) is 5.26 Å². The molecule has 5 nitrogen and oxygen atoms in total. The Morgan fingerprint density at radius 2 is 2.05 bits per heavy atom. The summed E-state index contributed by atoms with van der Waals surface area (Å²) in [5, 5.41) is 9.22. The van der Waals surface area contributed by atoms with E-state index in [0.29, 0.717) is 0 Å². The summed E-state index contributed by atoms with van der Waals surface area (Å²) in [6.07, 6.45) is 5.97. The topological polar surface area (TPSA) is 48.1 Å². The fourth-order valence-electron chi connectivity index (χ4n) is 2.79. The fraction of sp³-hybridized carbons (Fsp3) is 0.733. The highest BCUT2D eigenvalue weighted by Gasteiger charge is 2.22. The van der Waals surface area contributed by atoms with Crippen LogP contribution in [0, 0.1) is 18.3 Å². The Balaban J connectivity index is 1.74. The summed E-state index contributed by atoms with van der Waals surface area (Å²) in [5.41, 5.74) is 0. The lowest BCUT2D eigenvalue weighted by molar-refractivity contribution is 0.108. The predicted molar refractivity (Wildman–Crippen MR) is 79.3 cm³/mol. The van der Waals surface area contributed by atoms with Crippen molar-refractivity contribution in [2.24, 2.45) is 0 Å². The maximum absolute atomic E-state index is 9.22. The number of aromatic nitrogens is 2.